The van der Waals surface area contributed by atoms with Crippen LogP contribution in [0, 0.1) is 0 Å². The highest BCUT2D eigenvalue weighted by Crippen LogP contribution is 2.31. The fraction of sp³-hybridized carbons (Fsp3) is 0.250. The van der Waals surface area contributed by atoms with Gasteiger partial charge in [0.05, 0.1) is 5.75 Å². The number of thioether (sulfide) groups is 1. The number of aromatic carboxylic acids is 1. The molecule has 0 aliphatic carbocycles. The molecule has 0 radical (unpaired) electrons. The average Bonchev–Trinajstić information content (AvgIpc) is 2.49. The zero-order chi connectivity index (χ0) is 9.42. The molecule has 0 atom stereocenters. The van der Waals surface area contributed by atoms with Crippen molar-refractivity contribution in [1.29, 1.82) is 0 Å². The molecule has 0 aromatic carbocycles. The van der Waals surface area contributed by atoms with Crippen molar-refractivity contribution in [3.05, 3.63) is 21.4 Å². The summed E-state index contributed by atoms with van der Waals surface area (Å²) < 4.78 is 0. The summed E-state index contributed by atoms with van der Waals surface area (Å²) in [6.07, 6.45) is 0. The van der Waals surface area contributed by atoms with Crippen LogP contribution in [0.1, 0.15) is 24.9 Å². The Morgan fingerprint density at radius 2 is 2.23 bits per heavy atom. The number of carboxylic acids is 1. The minimum Gasteiger partial charge on any atom is -0.477 e. The van der Waals surface area contributed by atoms with E-state index in [4.69, 9.17) is 5.11 Å². The number of carbonyl (C=O) groups is 2. The van der Waals surface area contributed by atoms with Crippen molar-refractivity contribution in [3.8, 4) is 0 Å². The zero-order valence-electron chi connectivity index (χ0n) is 6.57. The fourth-order valence-electron chi connectivity index (χ4n) is 1.19. The van der Waals surface area contributed by atoms with Crippen LogP contribution in [0.4, 0.5) is 0 Å². The molecular weight excluding hydrogens is 208 g/mol. The summed E-state index contributed by atoms with van der Waals surface area (Å²) in [5.41, 5.74) is 0.612. The van der Waals surface area contributed by atoms with E-state index in [0.29, 0.717) is 11.3 Å². The monoisotopic (exact) mass is 214 g/mol. The van der Waals surface area contributed by atoms with Gasteiger partial charge in [-0.25, -0.2) is 4.79 Å². The van der Waals surface area contributed by atoms with Crippen LogP contribution in [-0.4, -0.2) is 22.6 Å². The van der Waals surface area contributed by atoms with Gasteiger partial charge in [0.1, 0.15) is 4.88 Å². The number of hydrogen-bond acceptors (Lipinski definition) is 4. The number of carboxylic acid groups (broad SMARTS) is 1. The Bertz CT molecular complexity index is 381. The van der Waals surface area contributed by atoms with Crippen LogP contribution in [-0.2, 0) is 5.75 Å². The van der Waals surface area contributed by atoms with Crippen molar-refractivity contribution in [2.75, 3.05) is 5.75 Å². The molecule has 0 amide bonds. The Morgan fingerprint density at radius 1 is 1.46 bits per heavy atom. The molecule has 13 heavy (non-hydrogen) atoms. The summed E-state index contributed by atoms with van der Waals surface area (Å²) in [5, 5.41) is 8.71. The number of thiophene rings is 1. The molecule has 0 spiro atoms. The van der Waals surface area contributed by atoms with Gasteiger partial charge in [0, 0.05) is 16.2 Å². The van der Waals surface area contributed by atoms with E-state index in [1.807, 2.05) is 0 Å². The summed E-state index contributed by atoms with van der Waals surface area (Å²) in [6, 6.07) is 1.49. The molecule has 2 rings (SSSR count). The largest absolute Gasteiger partial charge is 0.477 e. The van der Waals surface area contributed by atoms with Crippen molar-refractivity contribution in [2.24, 2.45) is 0 Å². The van der Waals surface area contributed by atoms with Gasteiger partial charge < -0.3 is 5.11 Å². The van der Waals surface area contributed by atoms with Crippen LogP contribution in [0.15, 0.2) is 6.07 Å². The van der Waals surface area contributed by atoms with Crippen LogP contribution < -0.4 is 0 Å². The van der Waals surface area contributed by atoms with Gasteiger partial charge in [-0.15, -0.1) is 23.1 Å². The second-order valence-corrected chi connectivity index (χ2v) is 4.79. The summed E-state index contributed by atoms with van der Waals surface area (Å²) in [6.45, 7) is 0. The first kappa shape index (κ1) is 8.77. The number of carbonyl (C=O) groups excluding carboxylic acids is 1. The van der Waals surface area contributed by atoms with Gasteiger partial charge in [-0.05, 0) is 6.07 Å². The minimum absolute atomic E-state index is 0.0509. The van der Waals surface area contributed by atoms with Gasteiger partial charge in [-0.3, -0.25) is 4.79 Å². The van der Waals surface area contributed by atoms with Gasteiger partial charge in [-0.1, -0.05) is 0 Å². The van der Waals surface area contributed by atoms with Crippen molar-refractivity contribution in [2.45, 2.75) is 5.75 Å². The fourth-order valence-corrected chi connectivity index (χ4v) is 3.27. The van der Waals surface area contributed by atoms with Crippen molar-refractivity contribution in [1.82, 2.24) is 0 Å². The summed E-state index contributed by atoms with van der Waals surface area (Å²) >= 11 is 2.74. The lowest BCUT2D eigenvalue weighted by Gasteiger charge is -2.07. The Balaban J connectivity index is 2.48. The molecule has 1 aromatic heterocycles. The van der Waals surface area contributed by atoms with Crippen molar-refractivity contribution >= 4 is 34.9 Å². The Hall–Kier alpha value is -0.810. The van der Waals surface area contributed by atoms with E-state index in [0.717, 1.165) is 10.6 Å². The molecule has 1 N–H and O–H groups in total. The van der Waals surface area contributed by atoms with Crippen LogP contribution >= 0.6 is 23.1 Å². The number of rotatable bonds is 1. The predicted molar refractivity (Wildman–Crippen MR) is 51.8 cm³/mol. The van der Waals surface area contributed by atoms with E-state index in [9.17, 15) is 9.59 Å². The van der Waals surface area contributed by atoms with Gasteiger partial charge >= 0.3 is 5.97 Å². The first-order valence-electron chi connectivity index (χ1n) is 3.65. The Morgan fingerprint density at radius 3 is 2.85 bits per heavy atom. The number of fused-ring (bicyclic) bond motifs is 1. The van der Waals surface area contributed by atoms with E-state index in [1.165, 1.54) is 29.2 Å². The van der Waals surface area contributed by atoms with E-state index >= 15 is 0 Å². The maximum absolute atomic E-state index is 11.3. The van der Waals surface area contributed by atoms with Gasteiger partial charge in [0.2, 0.25) is 0 Å². The lowest BCUT2D eigenvalue weighted by atomic mass is 10.2. The number of hydrogen-bond donors (Lipinski definition) is 1. The normalized spacial score (nSPS) is 15.5. The third kappa shape index (κ3) is 1.49. The molecule has 0 saturated carbocycles. The first-order valence-corrected chi connectivity index (χ1v) is 5.62. The highest BCUT2D eigenvalue weighted by molar-refractivity contribution is 7.99. The number of ketones is 1. The van der Waals surface area contributed by atoms with Gasteiger partial charge in [0.15, 0.2) is 5.78 Å². The molecule has 68 valence electrons. The van der Waals surface area contributed by atoms with E-state index in [1.54, 1.807) is 0 Å². The SMILES string of the molecule is O=C(O)c1cc2c(s1)CSCC2=O. The predicted octanol–water partition coefficient (Wildman–Crippen LogP) is 1.88. The van der Waals surface area contributed by atoms with Crippen molar-refractivity contribution in [3.63, 3.8) is 0 Å². The molecule has 0 fully saturated rings. The highest BCUT2D eigenvalue weighted by Gasteiger charge is 2.22. The maximum Gasteiger partial charge on any atom is 0.345 e. The topological polar surface area (TPSA) is 54.4 Å². The second kappa shape index (κ2) is 3.16. The summed E-state index contributed by atoms with van der Waals surface area (Å²) in [7, 11) is 0. The molecule has 5 heteroatoms. The molecule has 1 aromatic rings. The van der Waals surface area contributed by atoms with E-state index in [2.05, 4.69) is 0 Å². The number of Topliss-reactive ketones (excluding diaryl/α,β-unsaturated/α-hetero) is 1. The Kier molecular flexibility index (Phi) is 2.13. The molecular formula is C8H6O3S2. The molecule has 0 unspecified atom stereocenters. The van der Waals surface area contributed by atoms with Gasteiger partial charge in [0.25, 0.3) is 0 Å². The maximum atomic E-state index is 11.3. The molecule has 1 aliphatic heterocycles. The lowest BCUT2D eigenvalue weighted by molar-refractivity contribution is 0.0702. The lowest BCUT2D eigenvalue weighted by Crippen LogP contribution is -2.08. The van der Waals surface area contributed by atoms with Crippen LogP contribution in [0.25, 0.3) is 0 Å². The summed E-state index contributed by atoms with van der Waals surface area (Å²) in [4.78, 5) is 23.1. The third-order valence-corrected chi connectivity index (χ3v) is 4.05. The van der Waals surface area contributed by atoms with Crippen LogP contribution in [0.2, 0.25) is 0 Å². The molecule has 2 heterocycles. The highest BCUT2D eigenvalue weighted by atomic mass is 32.2. The first-order chi connectivity index (χ1) is 6.18. The van der Waals surface area contributed by atoms with Gasteiger partial charge in [-0.2, -0.15) is 0 Å². The zero-order valence-corrected chi connectivity index (χ0v) is 8.20. The standard InChI is InChI=1S/C8H6O3S2/c9-5-2-12-3-7-4(5)1-6(13-7)8(10)11/h1H,2-3H2,(H,10,11). The van der Waals surface area contributed by atoms with Crippen LogP contribution in [0.5, 0.6) is 0 Å². The molecule has 0 bridgehead atoms. The quantitative estimate of drug-likeness (QED) is 0.775. The third-order valence-electron chi connectivity index (χ3n) is 1.79. The molecule has 3 nitrogen and oxygen atoms in total. The molecule has 1 aliphatic rings. The summed E-state index contributed by atoms with van der Waals surface area (Å²) in [5.74, 6) is 0.342. The average molecular weight is 214 g/mol. The van der Waals surface area contributed by atoms with Crippen molar-refractivity contribution < 1.29 is 14.7 Å². The molecule has 0 saturated heterocycles. The smallest absolute Gasteiger partial charge is 0.345 e. The van der Waals surface area contributed by atoms with E-state index < -0.39 is 5.97 Å². The second-order valence-electron chi connectivity index (χ2n) is 2.67. The van der Waals surface area contributed by atoms with E-state index in [-0.39, 0.29) is 10.7 Å². The Labute approximate surface area is 82.8 Å². The minimum atomic E-state index is -0.947. The van der Waals surface area contributed by atoms with Crippen LogP contribution in [0.3, 0.4) is 0 Å².